The minimum absolute atomic E-state index is 0.0545. The SMILES string of the molecule is COc1cc([N+](=O)[O-])cc2c1OC1(C=Cc3c(ccc4ccccc34)O1)C(C)=C2. The lowest BCUT2D eigenvalue weighted by molar-refractivity contribution is -0.385. The van der Waals surface area contributed by atoms with Gasteiger partial charge in [0.25, 0.3) is 11.5 Å². The Bertz CT molecular complexity index is 1240. The van der Waals surface area contributed by atoms with Gasteiger partial charge in [0, 0.05) is 28.8 Å². The maximum absolute atomic E-state index is 11.2. The molecule has 6 heteroatoms. The maximum atomic E-state index is 11.2. The van der Waals surface area contributed by atoms with Crippen LogP contribution in [0.3, 0.4) is 0 Å². The molecule has 3 aromatic rings. The van der Waals surface area contributed by atoms with Crippen LogP contribution in [0.2, 0.25) is 0 Å². The Morgan fingerprint density at radius 2 is 1.93 bits per heavy atom. The van der Waals surface area contributed by atoms with Gasteiger partial charge in [-0.15, -0.1) is 0 Å². The summed E-state index contributed by atoms with van der Waals surface area (Å²) in [4.78, 5) is 10.8. The maximum Gasteiger partial charge on any atom is 0.294 e. The summed E-state index contributed by atoms with van der Waals surface area (Å²) in [5.74, 6) is 0.283. The number of benzene rings is 3. The Morgan fingerprint density at radius 3 is 2.72 bits per heavy atom. The Balaban J connectivity index is 1.63. The zero-order valence-corrected chi connectivity index (χ0v) is 15.8. The van der Waals surface area contributed by atoms with Crippen molar-refractivity contribution in [3.05, 3.63) is 81.4 Å². The molecule has 2 aliphatic heterocycles. The number of methoxy groups -OCH3 is 1. The summed E-state index contributed by atoms with van der Waals surface area (Å²) in [6.45, 7) is 1.88. The van der Waals surface area contributed by atoms with Gasteiger partial charge in [0.15, 0.2) is 11.5 Å². The highest BCUT2D eigenvalue weighted by atomic mass is 16.7. The van der Waals surface area contributed by atoms with E-state index in [-0.39, 0.29) is 5.69 Å². The molecule has 2 aliphatic rings. The van der Waals surface area contributed by atoms with Crippen LogP contribution in [0.1, 0.15) is 18.1 Å². The van der Waals surface area contributed by atoms with Crippen molar-refractivity contribution in [3.8, 4) is 17.2 Å². The first-order valence-electron chi connectivity index (χ1n) is 9.15. The third-order valence-corrected chi connectivity index (χ3v) is 5.34. The standard InChI is InChI=1S/C23H17NO5/c1-14-11-16-12-17(24(25)26)13-21(27-2)22(16)29-23(14)10-9-19-18-6-4-3-5-15(18)7-8-20(19)28-23/h3-13H,1-2H3. The van der Waals surface area contributed by atoms with E-state index in [2.05, 4.69) is 12.1 Å². The quantitative estimate of drug-likeness (QED) is 0.438. The van der Waals surface area contributed by atoms with E-state index in [1.165, 1.54) is 19.2 Å². The molecule has 29 heavy (non-hydrogen) atoms. The van der Waals surface area contributed by atoms with Crippen LogP contribution >= 0.6 is 0 Å². The fourth-order valence-corrected chi connectivity index (χ4v) is 3.84. The van der Waals surface area contributed by atoms with E-state index in [0.29, 0.717) is 22.8 Å². The summed E-state index contributed by atoms with van der Waals surface area (Å²) >= 11 is 0. The van der Waals surface area contributed by atoms with Gasteiger partial charge >= 0.3 is 0 Å². The smallest absolute Gasteiger partial charge is 0.294 e. The highest BCUT2D eigenvalue weighted by Crippen LogP contribution is 2.47. The van der Waals surface area contributed by atoms with Crippen molar-refractivity contribution >= 4 is 28.6 Å². The number of rotatable bonds is 2. The number of nitro benzene ring substituents is 1. The van der Waals surface area contributed by atoms with Gasteiger partial charge in [-0.2, -0.15) is 0 Å². The fraction of sp³-hybridized carbons (Fsp3) is 0.130. The molecule has 0 bridgehead atoms. The van der Waals surface area contributed by atoms with Crippen LogP contribution in [0, 0.1) is 10.1 Å². The molecule has 1 atom stereocenters. The van der Waals surface area contributed by atoms with Crippen LogP contribution in [0.4, 0.5) is 5.69 Å². The Morgan fingerprint density at radius 1 is 1.10 bits per heavy atom. The molecule has 6 nitrogen and oxygen atoms in total. The highest BCUT2D eigenvalue weighted by Gasteiger charge is 2.42. The largest absolute Gasteiger partial charge is 0.493 e. The minimum Gasteiger partial charge on any atom is -0.493 e. The van der Waals surface area contributed by atoms with Crippen LogP contribution in [0.25, 0.3) is 22.9 Å². The van der Waals surface area contributed by atoms with E-state index in [4.69, 9.17) is 14.2 Å². The molecule has 0 saturated carbocycles. The lowest BCUT2D eigenvalue weighted by Gasteiger charge is -2.39. The van der Waals surface area contributed by atoms with E-state index in [9.17, 15) is 10.1 Å². The molecule has 0 amide bonds. The van der Waals surface area contributed by atoms with Crippen molar-refractivity contribution < 1.29 is 19.1 Å². The first kappa shape index (κ1) is 17.3. The molecule has 2 heterocycles. The number of non-ortho nitro benzene ring substituents is 1. The molecule has 5 rings (SSSR count). The first-order chi connectivity index (χ1) is 14.0. The molecule has 1 unspecified atom stereocenters. The molecule has 0 aliphatic carbocycles. The third kappa shape index (κ3) is 2.56. The van der Waals surface area contributed by atoms with Crippen LogP contribution in [0.15, 0.2) is 60.2 Å². The minimum atomic E-state index is -1.13. The van der Waals surface area contributed by atoms with Gasteiger partial charge in [0.05, 0.1) is 18.1 Å². The Hall–Kier alpha value is -3.80. The second-order valence-corrected chi connectivity index (χ2v) is 7.05. The van der Waals surface area contributed by atoms with Crippen LogP contribution in [-0.4, -0.2) is 17.8 Å². The summed E-state index contributed by atoms with van der Waals surface area (Å²) in [5, 5.41) is 13.5. The lowest BCUT2D eigenvalue weighted by Crippen LogP contribution is -2.44. The van der Waals surface area contributed by atoms with Gasteiger partial charge < -0.3 is 14.2 Å². The summed E-state index contributed by atoms with van der Waals surface area (Å²) in [6.07, 6.45) is 5.71. The summed E-state index contributed by atoms with van der Waals surface area (Å²) in [7, 11) is 1.46. The van der Waals surface area contributed by atoms with Crippen molar-refractivity contribution in [3.63, 3.8) is 0 Å². The molecule has 0 saturated heterocycles. The van der Waals surface area contributed by atoms with Gasteiger partial charge in [0.1, 0.15) is 5.75 Å². The van der Waals surface area contributed by atoms with Gasteiger partial charge in [-0.25, -0.2) is 0 Å². The van der Waals surface area contributed by atoms with E-state index < -0.39 is 10.7 Å². The van der Waals surface area contributed by atoms with Crippen molar-refractivity contribution in [1.29, 1.82) is 0 Å². The highest BCUT2D eigenvalue weighted by molar-refractivity contribution is 5.94. The molecule has 3 aromatic carbocycles. The molecule has 0 N–H and O–H groups in total. The second-order valence-electron chi connectivity index (χ2n) is 7.05. The number of hydrogen-bond donors (Lipinski definition) is 0. The number of nitro groups is 1. The summed E-state index contributed by atoms with van der Waals surface area (Å²) in [5.41, 5.74) is 2.30. The zero-order chi connectivity index (χ0) is 20.2. The van der Waals surface area contributed by atoms with Crippen molar-refractivity contribution in [2.75, 3.05) is 7.11 Å². The van der Waals surface area contributed by atoms with E-state index in [1.807, 2.05) is 49.4 Å². The first-order valence-corrected chi connectivity index (χ1v) is 9.15. The zero-order valence-electron chi connectivity index (χ0n) is 15.8. The molecule has 144 valence electrons. The Kier molecular flexibility index (Phi) is 3.64. The number of ether oxygens (including phenoxy) is 3. The van der Waals surface area contributed by atoms with Crippen LogP contribution < -0.4 is 14.2 Å². The lowest BCUT2D eigenvalue weighted by atomic mass is 9.94. The van der Waals surface area contributed by atoms with Crippen LogP contribution in [0.5, 0.6) is 17.2 Å². The van der Waals surface area contributed by atoms with E-state index in [0.717, 1.165) is 21.9 Å². The van der Waals surface area contributed by atoms with Crippen LogP contribution in [-0.2, 0) is 0 Å². The van der Waals surface area contributed by atoms with E-state index >= 15 is 0 Å². The average Bonchev–Trinajstić information content (AvgIpc) is 2.73. The molecule has 0 radical (unpaired) electrons. The average molecular weight is 387 g/mol. The van der Waals surface area contributed by atoms with Gasteiger partial charge in [-0.05, 0) is 35.9 Å². The predicted octanol–water partition coefficient (Wildman–Crippen LogP) is 5.35. The summed E-state index contributed by atoms with van der Waals surface area (Å²) in [6, 6.07) is 14.9. The fourth-order valence-electron chi connectivity index (χ4n) is 3.84. The number of hydrogen-bond acceptors (Lipinski definition) is 5. The van der Waals surface area contributed by atoms with Gasteiger partial charge in [-0.3, -0.25) is 10.1 Å². The van der Waals surface area contributed by atoms with Gasteiger partial charge in [0.2, 0.25) is 0 Å². The number of nitrogens with zero attached hydrogens (tertiary/aromatic N) is 1. The molecular formula is C23H17NO5. The van der Waals surface area contributed by atoms with Gasteiger partial charge in [-0.1, -0.05) is 30.3 Å². The monoisotopic (exact) mass is 387 g/mol. The second kappa shape index (κ2) is 6.10. The molecule has 0 aromatic heterocycles. The topological polar surface area (TPSA) is 70.8 Å². The Labute approximate surface area is 166 Å². The van der Waals surface area contributed by atoms with Crippen molar-refractivity contribution in [1.82, 2.24) is 0 Å². The molecule has 1 spiro atoms. The van der Waals surface area contributed by atoms with Crippen molar-refractivity contribution in [2.24, 2.45) is 0 Å². The normalized spacial score (nSPS) is 19.0. The van der Waals surface area contributed by atoms with E-state index in [1.54, 1.807) is 0 Å². The predicted molar refractivity (Wildman–Crippen MR) is 110 cm³/mol. The third-order valence-electron chi connectivity index (χ3n) is 5.34. The number of fused-ring (bicyclic) bond motifs is 4. The molecular weight excluding hydrogens is 370 g/mol. The van der Waals surface area contributed by atoms with Crippen molar-refractivity contribution in [2.45, 2.75) is 12.7 Å². The molecule has 0 fully saturated rings. The summed E-state index contributed by atoms with van der Waals surface area (Å²) < 4.78 is 18.0.